The summed E-state index contributed by atoms with van der Waals surface area (Å²) in [4.78, 5) is 13.7. The molecule has 1 aliphatic rings. The molecule has 2 rings (SSSR count). The summed E-state index contributed by atoms with van der Waals surface area (Å²) in [5, 5.41) is 0. The average molecular weight is 219 g/mol. The number of Topliss-reactive ketones (excluding diaryl/α,β-unsaturated/α-hetero) is 1. The molecule has 0 aliphatic carbocycles. The molecule has 3 nitrogen and oxygen atoms in total. The fourth-order valence-electron chi connectivity index (χ4n) is 2.29. The van der Waals surface area contributed by atoms with E-state index in [0.717, 1.165) is 30.8 Å². The van der Waals surface area contributed by atoms with Crippen LogP contribution >= 0.6 is 0 Å². The summed E-state index contributed by atoms with van der Waals surface area (Å²) in [7, 11) is 1.66. The monoisotopic (exact) mass is 219 g/mol. The van der Waals surface area contributed by atoms with Crippen molar-refractivity contribution in [1.82, 2.24) is 0 Å². The summed E-state index contributed by atoms with van der Waals surface area (Å²) in [5.41, 5.74) is 1.08. The number of carbonyl (C=O) groups is 1. The zero-order valence-corrected chi connectivity index (χ0v) is 9.77. The highest BCUT2D eigenvalue weighted by Crippen LogP contribution is 2.28. The molecule has 0 radical (unpaired) electrons. The summed E-state index contributed by atoms with van der Waals surface area (Å²) in [6.45, 7) is 2.63. The molecule has 0 bridgehead atoms. The van der Waals surface area contributed by atoms with Crippen molar-refractivity contribution in [1.29, 1.82) is 0 Å². The van der Waals surface area contributed by atoms with Crippen LogP contribution in [0.1, 0.15) is 19.8 Å². The molecule has 0 N–H and O–H groups in total. The van der Waals surface area contributed by atoms with Crippen molar-refractivity contribution in [2.24, 2.45) is 0 Å². The number of benzene rings is 1. The fourth-order valence-corrected chi connectivity index (χ4v) is 2.29. The first-order valence-electron chi connectivity index (χ1n) is 5.63. The summed E-state index contributed by atoms with van der Waals surface area (Å²) >= 11 is 0. The van der Waals surface area contributed by atoms with E-state index in [0.29, 0.717) is 0 Å². The molecule has 1 saturated heterocycles. The van der Waals surface area contributed by atoms with Crippen molar-refractivity contribution in [3.05, 3.63) is 24.3 Å². The van der Waals surface area contributed by atoms with Gasteiger partial charge in [0.15, 0.2) is 5.78 Å². The van der Waals surface area contributed by atoms with Crippen LogP contribution in [-0.4, -0.2) is 25.5 Å². The Balaban J connectivity index is 2.25. The highest BCUT2D eigenvalue weighted by atomic mass is 16.5. The number of methoxy groups -OCH3 is 1. The molecule has 86 valence electrons. The second kappa shape index (κ2) is 4.56. The largest absolute Gasteiger partial charge is 0.497 e. The topological polar surface area (TPSA) is 29.5 Å². The predicted molar refractivity (Wildman–Crippen MR) is 64.0 cm³/mol. The number of rotatable bonds is 3. The normalized spacial score (nSPS) is 19.9. The van der Waals surface area contributed by atoms with Gasteiger partial charge in [0.2, 0.25) is 0 Å². The Labute approximate surface area is 96.0 Å². The Morgan fingerprint density at radius 2 is 2.31 bits per heavy atom. The van der Waals surface area contributed by atoms with Crippen LogP contribution in [-0.2, 0) is 4.79 Å². The number of carbonyl (C=O) groups excluding carboxylic acids is 1. The van der Waals surface area contributed by atoms with Crippen LogP contribution in [0.15, 0.2) is 24.3 Å². The zero-order valence-electron chi connectivity index (χ0n) is 9.77. The van der Waals surface area contributed by atoms with E-state index in [4.69, 9.17) is 4.74 Å². The molecular formula is C13H17NO2. The lowest BCUT2D eigenvalue weighted by Gasteiger charge is -2.25. The third-order valence-electron chi connectivity index (χ3n) is 3.11. The van der Waals surface area contributed by atoms with Crippen LogP contribution in [0.5, 0.6) is 5.75 Å². The third kappa shape index (κ3) is 2.03. The SMILES string of the molecule is COc1cccc(N2CCCC2C(C)=O)c1. The van der Waals surface area contributed by atoms with Gasteiger partial charge in [-0.05, 0) is 31.9 Å². The van der Waals surface area contributed by atoms with Gasteiger partial charge in [-0.1, -0.05) is 6.07 Å². The van der Waals surface area contributed by atoms with Crippen LogP contribution in [0.3, 0.4) is 0 Å². The van der Waals surface area contributed by atoms with E-state index < -0.39 is 0 Å². The Morgan fingerprint density at radius 3 is 3.00 bits per heavy atom. The predicted octanol–water partition coefficient (Wildman–Crippen LogP) is 2.25. The molecule has 1 heterocycles. The van der Waals surface area contributed by atoms with E-state index in [2.05, 4.69) is 4.90 Å². The van der Waals surface area contributed by atoms with Crippen LogP contribution in [0, 0.1) is 0 Å². The van der Waals surface area contributed by atoms with Crippen LogP contribution in [0.4, 0.5) is 5.69 Å². The first-order valence-corrected chi connectivity index (χ1v) is 5.63. The van der Waals surface area contributed by atoms with Gasteiger partial charge in [0.05, 0.1) is 13.2 Å². The lowest BCUT2D eigenvalue weighted by Crippen LogP contribution is -2.34. The molecule has 1 aromatic rings. The minimum Gasteiger partial charge on any atom is -0.497 e. The standard InChI is InChI=1S/C13H17NO2/c1-10(15)13-7-4-8-14(13)11-5-3-6-12(9-11)16-2/h3,5-6,9,13H,4,7-8H2,1-2H3. The summed E-state index contributed by atoms with van der Waals surface area (Å²) in [5.74, 6) is 1.09. The smallest absolute Gasteiger partial charge is 0.152 e. The van der Waals surface area contributed by atoms with Gasteiger partial charge in [-0.25, -0.2) is 0 Å². The van der Waals surface area contributed by atoms with E-state index in [1.807, 2.05) is 24.3 Å². The first-order chi connectivity index (χ1) is 7.72. The Bertz CT molecular complexity index is 389. The van der Waals surface area contributed by atoms with Crippen molar-refractivity contribution in [2.75, 3.05) is 18.6 Å². The van der Waals surface area contributed by atoms with Crippen molar-refractivity contribution in [3.8, 4) is 5.75 Å². The maximum Gasteiger partial charge on any atom is 0.152 e. The lowest BCUT2D eigenvalue weighted by molar-refractivity contribution is -0.118. The summed E-state index contributed by atoms with van der Waals surface area (Å²) < 4.78 is 5.20. The molecule has 0 amide bonds. The van der Waals surface area contributed by atoms with Crippen molar-refractivity contribution < 1.29 is 9.53 Å². The zero-order chi connectivity index (χ0) is 11.5. The second-order valence-electron chi connectivity index (χ2n) is 4.16. The fraction of sp³-hybridized carbons (Fsp3) is 0.462. The van der Waals surface area contributed by atoms with E-state index in [-0.39, 0.29) is 11.8 Å². The Morgan fingerprint density at radius 1 is 1.50 bits per heavy atom. The van der Waals surface area contributed by atoms with Gasteiger partial charge in [-0.2, -0.15) is 0 Å². The van der Waals surface area contributed by atoms with Gasteiger partial charge in [0.1, 0.15) is 5.75 Å². The molecule has 3 heteroatoms. The summed E-state index contributed by atoms with van der Waals surface area (Å²) in [6.07, 6.45) is 2.05. The van der Waals surface area contributed by atoms with Gasteiger partial charge in [-0.15, -0.1) is 0 Å². The second-order valence-corrected chi connectivity index (χ2v) is 4.16. The van der Waals surface area contributed by atoms with Gasteiger partial charge in [0, 0.05) is 18.3 Å². The molecule has 0 saturated carbocycles. The summed E-state index contributed by atoms with van der Waals surface area (Å²) in [6, 6.07) is 7.95. The lowest BCUT2D eigenvalue weighted by atomic mass is 10.1. The number of nitrogens with zero attached hydrogens (tertiary/aromatic N) is 1. The van der Waals surface area contributed by atoms with E-state index >= 15 is 0 Å². The number of ether oxygens (including phenoxy) is 1. The van der Waals surface area contributed by atoms with Gasteiger partial charge >= 0.3 is 0 Å². The molecule has 0 spiro atoms. The molecule has 1 aliphatic heterocycles. The molecule has 16 heavy (non-hydrogen) atoms. The van der Waals surface area contributed by atoms with E-state index in [1.165, 1.54) is 0 Å². The number of anilines is 1. The molecule has 1 atom stereocenters. The number of hydrogen-bond donors (Lipinski definition) is 0. The maximum atomic E-state index is 11.5. The van der Waals surface area contributed by atoms with Crippen molar-refractivity contribution in [3.63, 3.8) is 0 Å². The first kappa shape index (κ1) is 11.0. The molecule has 1 fully saturated rings. The van der Waals surface area contributed by atoms with Gasteiger partial charge in [0.25, 0.3) is 0 Å². The van der Waals surface area contributed by atoms with Crippen LogP contribution in [0.2, 0.25) is 0 Å². The quantitative estimate of drug-likeness (QED) is 0.781. The third-order valence-corrected chi connectivity index (χ3v) is 3.11. The molecule has 1 unspecified atom stereocenters. The number of hydrogen-bond acceptors (Lipinski definition) is 3. The van der Waals surface area contributed by atoms with Crippen LogP contribution in [0.25, 0.3) is 0 Å². The maximum absolute atomic E-state index is 11.5. The van der Waals surface area contributed by atoms with Crippen LogP contribution < -0.4 is 9.64 Å². The van der Waals surface area contributed by atoms with Crippen molar-refractivity contribution in [2.45, 2.75) is 25.8 Å². The highest BCUT2D eigenvalue weighted by Gasteiger charge is 2.28. The Kier molecular flexibility index (Phi) is 3.13. The molecular weight excluding hydrogens is 202 g/mol. The van der Waals surface area contributed by atoms with E-state index in [1.54, 1.807) is 14.0 Å². The van der Waals surface area contributed by atoms with Gasteiger partial charge in [-0.3, -0.25) is 4.79 Å². The number of ketones is 1. The van der Waals surface area contributed by atoms with Gasteiger partial charge < -0.3 is 9.64 Å². The highest BCUT2D eigenvalue weighted by molar-refractivity contribution is 5.85. The minimum absolute atomic E-state index is 0.0482. The van der Waals surface area contributed by atoms with Crippen molar-refractivity contribution >= 4 is 11.5 Å². The molecule has 0 aromatic heterocycles. The Hall–Kier alpha value is -1.51. The van der Waals surface area contributed by atoms with E-state index in [9.17, 15) is 4.79 Å². The molecule has 1 aromatic carbocycles. The average Bonchev–Trinajstić information content (AvgIpc) is 2.78. The minimum atomic E-state index is 0.0482.